The Labute approximate surface area is 163 Å². The smallest absolute Gasteiger partial charge is 0.296 e. The molecule has 1 heterocycles. The molecular formula is C16H18N6O5S. The summed E-state index contributed by atoms with van der Waals surface area (Å²) in [6.45, 7) is 1.54. The van der Waals surface area contributed by atoms with Crippen molar-refractivity contribution in [1.82, 2.24) is 10.4 Å². The highest BCUT2D eigenvalue weighted by Crippen LogP contribution is 2.29. The number of benzene rings is 1. The second kappa shape index (κ2) is 9.41. The second-order valence-corrected chi connectivity index (χ2v) is 6.49. The highest BCUT2D eigenvalue weighted by Gasteiger charge is 2.17. The molecule has 0 saturated heterocycles. The lowest BCUT2D eigenvalue weighted by Gasteiger charge is -2.07. The van der Waals surface area contributed by atoms with E-state index >= 15 is 0 Å². The average Bonchev–Trinajstić information content (AvgIpc) is 3.04. The van der Waals surface area contributed by atoms with Gasteiger partial charge in [-0.2, -0.15) is 5.10 Å². The van der Waals surface area contributed by atoms with Crippen LogP contribution in [-0.4, -0.2) is 34.5 Å². The van der Waals surface area contributed by atoms with Crippen LogP contribution < -0.4 is 21.2 Å². The highest BCUT2D eigenvalue weighted by atomic mass is 32.1. The van der Waals surface area contributed by atoms with E-state index in [1.54, 1.807) is 12.3 Å². The molecule has 0 fully saturated rings. The predicted octanol–water partition coefficient (Wildman–Crippen LogP) is 1.71. The van der Waals surface area contributed by atoms with E-state index in [1.165, 1.54) is 36.6 Å². The van der Waals surface area contributed by atoms with Crippen LogP contribution in [0.15, 0.2) is 28.7 Å². The van der Waals surface area contributed by atoms with E-state index < -0.39 is 16.7 Å². The molecule has 0 saturated carbocycles. The number of hydrogen-bond donors (Lipinski definition) is 3. The molecule has 1 aromatic carbocycles. The maximum Gasteiger partial charge on any atom is 0.296 e. The number of nitro benzene ring substituents is 1. The first kappa shape index (κ1) is 20.8. The summed E-state index contributed by atoms with van der Waals surface area (Å²) in [5.41, 5.74) is 8.40. The maximum atomic E-state index is 12.1. The van der Waals surface area contributed by atoms with Gasteiger partial charge in [0, 0.05) is 11.1 Å². The van der Waals surface area contributed by atoms with Gasteiger partial charge >= 0.3 is 0 Å². The van der Waals surface area contributed by atoms with Crippen LogP contribution in [0, 0.1) is 10.1 Å². The van der Waals surface area contributed by atoms with Crippen molar-refractivity contribution in [2.75, 3.05) is 18.2 Å². The molecule has 148 valence electrons. The van der Waals surface area contributed by atoms with E-state index in [-0.39, 0.29) is 24.2 Å². The Morgan fingerprint density at radius 3 is 2.75 bits per heavy atom. The van der Waals surface area contributed by atoms with Crippen LogP contribution in [0.2, 0.25) is 0 Å². The molecule has 1 aromatic heterocycles. The second-order valence-electron chi connectivity index (χ2n) is 5.60. The Balaban J connectivity index is 1.92. The number of thiazole rings is 1. The molecule has 0 unspecified atom stereocenters. The van der Waals surface area contributed by atoms with Crippen LogP contribution in [-0.2, 0) is 16.0 Å². The normalized spacial score (nSPS) is 11.0. The molecule has 11 nitrogen and oxygen atoms in total. The number of carbonyl (C=O) groups excluding carboxylic acids is 2. The van der Waals surface area contributed by atoms with E-state index in [9.17, 15) is 19.7 Å². The van der Waals surface area contributed by atoms with Gasteiger partial charge in [0.25, 0.3) is 5.69 Å². The zero-order valence-electron chi connectivity index (χ0n) is 15.1. The number of nitrogens with two attached hydrogens (primary N) is 1. The van der Waals surface area contributed by atoms with Gasteiger partial charge in [-0.15, -0.1) is 11.3 Å². The number of carbonyl (C=O) groups is 2. The molecule has 2 amide bonds. The standard InChI is InChI=1S/C16H18N6O5S/c1-9(20-21-15(24)6-10-8-28-16(17)18-10)5-14(23)19-12-4-3-11(27-2)7-13(12)22(25)26/h3-4,7-8H,5-6H2,1-2H3,(H2,17,18)(H,19,23)(H,21,24)/b20-9+. The molecule has 0 aliphatic heterocycles. The molecule has 2 aromatic rings. The molecular weight excluding hydrogens is 388 g/mol. The number of nitrogens with zero attached hydrogens (tertiary/aromatic N) is 3. The van der Waals surface area contributed by atoms with Crippen LogP contribution in [0.25, 0.3) is 0 Å². The van der Waals surface area contributed by atoms with Crippen LogP contribution in [0.5, 0.6) is 5.75 Å². The largest absolute Gasteiger partial charge is 0.496 e. The summed E-state index contributed by atoms with van der Waals surface area (Å²) in [6.07, 6.45) is -0.151. The van der Waals surface area contributed by atoms with Crippen LogP contribution in [0.1, 0.15) is 19.0 Å². The molecule has 0 spiro atoms. The summed E-state index contributed by atoms with van der Waals surface area (Å²) in [4.78, 5) is 38.4. The molecule has 2 rings (SSSR count). The minimum atomic E-state index is -0.621. The van der Waals surface area contributed by atoms with Crippen LogP contribution >= 0.6 is 11.3 Å². The van der Waals surface area contributed by atoms with Gasteiger partial charge < -0.3 is 15.8 Å². The van der Waals surface area contributed by atoms with Crippen molar-refractivity contribution in [2.24, 2.45) is 5.10 Å². The first-order valence-electron chi connectivity index (χ1n) is 7.92. The average molecular weight is 406 g/mol. The van der Waals surface area contributed by atoms with E-state index in [1.807, 2.05) is 0 Å². The number of hydrazone groups is 1. The van der Waals surface area contributed by atoms with Gasteiger partial charge in [0.05, 0.1) is 36.6 Å². The molecule has 0 atom stereocenters. The summed E-state index contributed by atoms with van der Waals surface area (Å²) in [5, 5.41) is 19.5. The molecule has 4 N–H and O–H groups in total. The first-order valence-corrected chi connectivity index (χ1v) is 8.80. The van der Waals surface area contributed by atoms with Crippen molar-refractivity contribution >= 4 is 45.4 Å². The maximum absolute atomic E-state index is 12.1. The zero-order valence-corrected chi connectivity index (χ0v) is 15.9. The van der Waals surface area contributed by atoms with E-state index in [2.05, 4.69) is 20.8 Å². The summed E-state index contributed by atoms with van der Waals surface area (Å²) in [6, 6.07) is 4.08. The molecule has 0 radical (unpaired) electrons. The Hall–Kier alpha value is -3.54. The molecule has 28 heavy (non-hydrogen) atoms. The number of rotatable bonds is 8. The number of hydrogen-bond acceptors (Lipinski definition) is 9. The van der Waals surface area contributed by atoms with Gasteiger partial charge in [0.2, 0.25) is 11.8 Å². The van der Waals surface area contributed by atoms with Crippen molar-refractivity contribution in [3.05, 3.63) is 39.4 Å². The minimum Gasteiger partial charge on any atom is -0.496 e. The van der Waals surface area contributed by atoms with Gasteiger partial charge in [0.15, 0.2) is 5.13 Å². The Bertz CT molecular complexity index is 926. The number of anilines is 2. The van der Waals surface area contributed by atoms with Gasteiger partial charge in [-0.25, -0.2) is 10.4 Å². The van der Waals surface area contributed by atoms with Gasteiger partial charge in [-0.05, 0) is 19.1 Å². The van der Waals surface area contributed by atoms with E-state index in [0.29, 0.717) is 22.3 Å². The van der Waals surface area contributed by atoms with Gasteiger partial charge in [-0.1, -0.05) is 0 Å². The summed E-state index contributed by atoms with van der Waals surface area (Å²) < 4.78 is 4.94. The fraction of sp³-hybridized carbons (Fsp3) is 0.250. The van der Waals surface area contributed by atoms with Crippen molar-refractivity contribution in [1.29, 1.82) is 0 Å². The van der Waals surface area contributed by atoms with Crippen molar-refractivity contribution in [3.8, 4) is 5.75 Å². The zero-order chi connectivity index (χ0) is 20.7. The number of nitrogens with one attached hydrogen (secondary N) is 2. The lowest BCUT2D eigenvalue weighted by molar-refractivity contribution is -0.384. The highest BCUT2D eigenvalue weighted by molar-refractivity contribution is 7.13. The van der Waals surface area contributed by atoms with E-state index in [4.69, 9.17) is 10.5 Å². The number of methoxy groups -OCH3 is 1. The van der Waals surface area contributed by atoms with Gasteiger partial charge in [0.1, 0.15) is 11.4 Å². The number of aromatic nitrogens is 1. The molecule has 12 heteroatoms. The number of amides is 2. The topological polar surface area (TPSA) is 162 Å². The fourth-order valence-electron chi connectivity index (χ4n) is 2.13. The third-order valence-corrected chi connectivity index (χ3v) is 4.10. The SMILES string of the molecule is COc1ccc(NC(=O)C/C(C)=N/NC(=O)Cc2csc(N)n2)c([N+](=O)[O-])c1. The Kier molecular flexibility index (Phi) is 6.98. The molecule has 0 aliphatic carbocycles. The molecule has 0 aliphatic rings. The van der Waals surface area contributed by atoms with Crippen molar-refractivity contribution < 1.29 is 19.2 Å². The fourth-order valence-corrected chi connectivity index (χ4v) is 2.69. The third-order valence-electron chi connectivity index (χ3n) is 3.37. The monoisotopic (exact) mass is 406 g/mol. The number of nitrogen functional groups attached to an aromatic ring is 1. The number of nitro groups is 1. The predicted molar refractivity (Wildman–Crippen MR) is 104 cm³/mol. The Morgan fingerprint density at radius 1 is 1.39 bits per heavy atom. The third kappa shape index (κ3) is 6.02. The summed E-state index contributed by atoms with van der Waals surface area (Å²) in [5.74, 6) is -0.626. The quantitative estimate of drug-likeness (QED) is 0.341. The lowest BCUT2D eigenvalue weighted by atomic mass is 10.2. The van der Waals surface area contributed by atoms with E-state index in [0.717, 1.165) is 0 Å². The van der Waals surface area contributed by atoms with Crippen molar-refractivity contribution in [3.63, 3.8) is 0 Å². The van der Waals surface area contributed by atoms with Crippen LogP contribution in [0.4, 0.5) is 16.5 Å². The lowest BCUT2D eigenvalue weighted by Crippen LogP contribution is -2.23. The van der Waals surface area contributed by atoms with Gasteiger partial charge in [-0.3, -0.25) is 19.7 Å². The summed E-state index contributed by atoms with van der Waals surface area (Å²) in [7, 11) is 1.38. The molecule has 0 bridgehead atoms. The minimum absolute atomic E-state index is 0.00865. The number of ether oxygens (including phenoxy) is 1. The van der Waals surface area contributed by atoms with Crippen LogP contribution in [0.3, 0.4) is 0 Å². The first-order chi connectivity index (χ1) is 13.3. The Morgan fingerprint density at radius 2 is 2.14 bits per heavy atom. The summed E-state index contributed by atoms with van der Waals surface area (Å²) >= 11 is 1.23. The van der Waals surface area contributed by atoms with Crippen molar-refractivity contribution in [2.45, 2.75) is 19.8 Å².